The Morgan fingerprint density at radius 2 is 1.21 bits per heavy atom. The van der Waals surface area contributed by atoms with Crippen molar-refractivity contribution in [3.8, 4) is 6.07 Å². The van der Waals surface area contributed by atoms with E-state index in [1.54, 1.807) is 12.1 Å². The summed E-state index contributed by atoms with van der Waals surface area (Å²) in [6.07, 6.45) is 8.02. The van der Waals surface area contributed by atoms with Crippen molar-refractivity contribution in [2.45, 2.75) is 109 Å². The molecule has 8 rings (SSSR count). The van der Waals surface area contributed by atoms with Crippen LogP contribution in [-0.2, 0) is 26.4 Å². The molecule has 0 saturated heterocycles. The highest BCUT2D eigenvalue weighted by atomic mass is 19.4. The lowest BCUT2D eigenvalue weighted by atomic mass is 9.69. The molecule has 3 aromatic rings. The second-order valence-corrected chi connectivity index (χ2v) is 18.8. The van der Waals surface area contributed by atoms with Gasteiger partial charge < -0.3 is 19.0 Å². The highest BCUT2D eigenvalue weighted by Crippen LogP contribution is 2.52. The molecule has 0 spiro atoms. The van der Waals surface area contributed by atoms with Gasteiger partial charge in [0.25, 0.3) is 0 Å². The summed E-state index contributed by atoms with van der Waals surface area (Å²) in [5.41, 5.74) is 6.45. The molecular weight excluding hydrogens is 712 g/mol. The van der Waals surface area contributed by atoms with Crippen LogP contribution in [0.1, 0.15) is 114 Å². The fourth-order valence-corrected chi connectivity index (χ4v) is 9.34. The summed E-state index contributed by atoms with van der Waals surface area (Å²) < 4.78 is 54.7. The first kappa shape index (κ1) is 37.9. The summed E-state index contributed by atoms with van der Waals surface area (Å²) in [6.45, 7) is 21.8. The summed E-state index contributed by atoms with van der Waals surface area (Å²) in [5.74, 6) is 0.187. The van der Waals surface area contributed by atoms with Gasteiger partial charge in [0, 0.05) is 54.1 Å². The molecule has 9 heteroatoms. The molecule has 0 saturated carbocycles. The van der Waals surface area contributed by atoms with Gasteiger partial charge in [0.1, 0.15) is 28.7 Å². The molecule has 0 amide bonds. The lowest BCUT2D eigenvalue weighted by molar-refractivity contribution is -0.0878. The van der Waals surface area contributed by atoms with E-state index >= 15 is 0 Å². The lowest BCUT2D eigenvalue weighted by Crippen LogP contribution is -2.44. The largest absolute Gasteiger partial charge is 0.457 e. The lowest BCUT2D eigenvalue weighted by Gasteiger charge is -2.48. The van der Waals surface area contributed by atoms with Crippen LogP contribution in [0, 0.1) is 11.3 Å². The number of halogens is 3. The van der Waals surface area contributed by atoms with Crippen LogP contribution in [0.2, 0.25) is 0 Å². The molecule has 0 unspecified atom stereocenters. The Bertz CT molecular complexity index is 2400. The van der Waals surface area contributed by atoms with Gasteiger partial charge in [-0.3, -0.25) is 0 Å². The molecule has 5 aliphatic heterocycles. The molecule has 6 heterocycles. The monoisotopic (exact) mass is 761 g/mol. The van der Waals surface area contributed by atoms with Crippen LogP contribution in [0.15, 0.2) is 80.4 Å². The van der Waals surface area contributed by atoms with E-state index in [0.29, 0.717) is 5.58 Å². The van der Waals surface area contributed by atoms with Crippen molar-refractivity contribution in [1.82, 2.24) is 0 Å². The maximum atomic E-state index is 14.1. The predicted octanol–water partition coefficient (Wildman–Crippen LogP) is 11.0. The third-order valence-electron chi connectivity index (χ3n) is 13.1. The van der Waals surface area contributed by atoms with E-state index < -0.39 is 17.4 Å². The number of hydrogen-bond acceptors (Lipinski definition) is 6. The second kappa shape index (κ2) is 12.8. The van der Waals surface area contributed by atoms with E-state index in [1.807, 2.05) is 6.08 Å². The number of benzene rings is 2. The van der Waals surface area contributed by atoms with Crippen LogP contribution >= 0.6 is 0 Å². The number of nitriles is 1. The first-order valence-corrected chi connectivity index (χ1v) is 19.7. The normalized spacial score (nSPS) is 22.6. The Morgan fingerprint density at radius 1 is 0.714 bits per heavy atom. The summed E-state index contributed by atoms with van der Waals surface area (Å²) >= 11 is 0. The fraction of sp³-hybridized carbons (Fsp3) is 0.447. The number of allylic oxidation sites excluding steroid dienone is 6. The van der Waals surface area contributed by atoms with E-state index in [-0.39, 0.29) is 44.3 Å². The van der Waals surface area contributed by atoms with Crippen molar-refractivity contribution < 1.29 is 22.3 Å². The molecule has 1 aromatic heterocycles. The third kappa shape index (κ3) is 6.39. The molecule has 0 bridgehead atoms. The second-order valence-electron chi connectivity index (χ2n) is 18.8. The van der Waals surface area contributed by atoms with Gasteiger partial charge >= 0.3 is 11.8 Å². The molecule has 0 N–H and O–H groups in total. The predicted molar refractivity (Wildman–Crippen MR) is 218 cm³/mol. The molecule has 292 valence electrons. The van der Waals surface area contributed by atoms with Gasteiger partial charge in [0.15, 0.2) is 0 Å². The standard InChI is InChI=1S/C47H50F3N3O3/c1-43(2)13-17-52-18-14-44(3,4)35-22-28(21-34(43)39(35)52)9-11-32-24-30(37(27-51)47(48,49)50)25-33(55-32)12-10-29-23-31-26-36-40-38(41(31)56-42(29)54)46(7,8)16-20-53(40)19-15-45(36,5)6/h9-12,21-26H,13-20H2,1-8H3/b11-9+,12-10+,37-30-. The van der Waals surface area contributed by atoms with E-state index in [4.69, 9.17) is 9.15 Å². The van der Waals surface area contributed by atoms with Crippen molar-refractivity contribution in [1.29, 1.82) is 5.26 Å². The maximum Gasteiger partial charge on any atom is 0.426 e. The maximum absolute atomic E-state index is 14.1. The minimum atomic E-state index is -4.88. The fourth-order valence-electron chi connectivity index (χ4n) is 9.34. The van der Waals surface area contributed by atoms with E-state index in [9.17, 15) is 23.2 Å². The van der Waals surface area contributed by atoms with Crippen LogP contribution in [0.4, 0.5) is 24.5 Å². The number of anilines is 2. The van der Waals surface area contributed by atoms with Crippen LogP contribution < -0.4 is 15.4 Å². The summed E-state index contributed by atoms with van der Waals surface area (Å²) in [7, 11) is 0. The Balaban J connectivity index is 1.18. The number of nitrogens with zero attached hydrogens (tertiary/aromatic N) is 3. The van der Waals surface area contributed by atoms with Crippen molar-refractivity contribution in [2.24, 2.45) is 0 Å². The van der Waals surface area contributed by atoms with Crippen molar-refractivity contribution in [2.75, 3.05) is 36.0 Å². The SMILES string of the molecule is CC1(C)CCN2CCC(C)(C)c3cc(/C=C/C4=CC(=C(\C#N)C(F)(F)F)/C=C(/C=C/c5cc6cc7c8c(c6oc5=O)C(C)(C)CCN8CCC7(C)C)O4)cc1c32. The van der Waals surface area contributed by atoms with Crippen LogP contribution in [0.25, 0.3) is 23.1 Å². The Labute approximate surface area is 327 Å². The van der Waals surface area contributed by atoms with Gasteiger partial charge in [-0.05, 0) is 124 Å². The molecule has 6 nitrogen and oxygen atoms in total. The molecule has 0 atom stereocenters. The van der Waals surface area contributed by atoms with Gasteiger partial charge in [0.05, 0.1) is 5.56 Å². The summed E-state index contributed by atoms with van der Waals surface area (Å²) in [6, 6.07) is 9.64. The van der Waals surface area contributed by atoms with E-state index in [0.717, 1.165) is 68.4 Å². The van der Waals surface area contributed by atoms with E-state index in [2.05, 4.69) is 83.4 Å². The van der Waals surface area contributed by atoms with Crippen LogP contribution in [-0.4, -0.2) is 32.4 Å². The number of rotatable bonds is 4. The summed E-state index contributed by atoms with van der Waals surface area (Å²) in [4.78, 5) is 18.5. The smallest absolute Gasteiger partial charge is 0.426 e. The minimum Gasteiger partial charge on any atom is -0.457 e. The van der Waals surface area contributed by atoms with Gasteiger partial charge in [-0.2, -0.15) is 18.4 Å². The molecular formula is C47H50F3N3O3. The highest BCUT2D eigenvalue weighted by molar-refractivity contribution is 5.91. The summed E-state index contributed by atoms with van der Waals surface area (Å²) in [5, 5.41) is 10.4. The Kier molecular flexibility index (Phi) is 8.65. The third-order valence-corrected chi connectivity index (χ3v) is 13.1. The van der Waals surface area contributed by atoms with Crippen molar-refractivity contribution >= 4 is 34.5 Å². The molecule has 0 radical (unpaired) electrons. The zero-order valence-corrected chi connectivity index (χ0v) is 33.6. The molecule has 56 heavy (non-hydrogen) atoms. The van der Waals surface area contributed by atoms with Crippen LogP contribution in [0.5, 0.6) is 0 Å². The number of fused-ring (bicyclic) bond motifs is 2. The zero-order chi connectivity index (χ0) is 40.2. The van der Waals surface area contributed by atoms with Crippen molar-refractivity contribution in [3.63, 3.8) is 0 Å². The molecule has 0 aliphatic carbocycles. The molecule has 5 aliphatic rings. The first-order valence-electron chi connectivity index (χ1n) is 19.7. The topological polar surface area (TPSA) is 69.7 Å². The first-order chi connectivity index (χ1) is 26.2. The average molecular weight is 762 g/mol. The highest BCUT2D eigenvalue weighted by Gasteiger charge is 2.43. The molecule has 2 aromatic carbocycles. The van der Waals surface area contributed by atoms with Crippen LogP contribution in [0.3, 0.4) is 0 Å². The molecule has 0 fully saturated rings. The Hall–Kier alpha value is -4.97. The van der Waals surface area contributed by atoms with Gasteiger partial charge in [-0.1, -0.05) is 61.5 Å². The van der Waals surface area contributed by atoms with Gasteiger partial charge in [0.2, 0.25) is 0 Å². The number of hydrogen-bond donors (Lipinski definition) is 0. The van der Waals surface area contributed by atoms with E-state index in [1.165, 1.54) is 58.4 Å². The Morgan fingerprint density at radius 3 is 1.75 bits per heavy atom. The van der Waals surface area contributed by atoms with Crippen molar-refractivity contribution in [3.05, 3.63) is 115 Å². The van der Waals surface area contributed by atoms with Gasteiger partial charge in [-0.25, -0.2) is 4.79 Å². The van der Waals surface area contributed by atoms with Gasteiger partial charge in [-0.15, -0.1) is 0 Å². The minimum absolute atomic E-state index is 0.0396. The number of alkyl halides is 3. The number of ether oxygens (including phenoxy) is 1. The zero-order valence-electron chi connectivity index (χ0n) is 33.6. The quantitative estimate of drug-likeness (QED) is 0.195. The average Bonchev–Trinajstić information content (AvgIpc) is 3.11.